The van der Waals surface area contributed by atoms with Crippen molar-refractivity contribution in [2.75, 3.05) is 26.7 Å². The Labute approximate surface area is 133 Å². The average Bonchev–Trinajstić information content (AvgIpc) is 2.89. The number of para-hydroxylation sites is 1. The van der Waals surface area contributed by atoms with Crippen molar-refractivity contribution < 1.29 is 0 Å². The van der Waals surface area contributed by atoms with Crippen LogP contribution in [0.15, 0.2) is 36.5 Å². The number of benzene rings is 1. The van der Waals surface area contributed by atoms with E-state index in [0.29, 0.717) is 6.54 Å². The predicted octanol–water partition coefficient (Wildman–Crippen LogP) is 2.23. The molecule has 0 unspecified atom stereocenters. The standard InChI is InChI=1S/C18H24N4/c1-4-12-21(3)13-8-11-19-14-18-15-20-16(2)22(18)17-9-6-5-7-10-17/h1,5-7,9-10,15,19H,8,11-14H2,2-3H3. The summed E-state index contributed by atoms with van der Waals surface area (Å²) in [5, 5.41) is 3.48. The number of aromatic nitrogens is 2. The lowest BCUT2D eigenvalue weighted by atomic mass is 10.3. The maximum absolute atomic E-state index is 5.29. The molecule has 0 saturated heterocycles. The molecular formula is C18H24N4. The number of hydrogen-bond acceptors (Lipinski definition) is 3. The third-order valence-corrected chi connectivity index (χ3v) is 3.59. The van der Waals surface area contributed by atoms with E-state index < -0.39 is 0 Å². The van der Waals surface area contributed by atoms with E-state index in [0.717, 1.165) is 37.6 Å². The van der Waals surface area contributed by atoms with Gasteiger partial charge in [0.05, 0.1) is 18.4 Å². The highest BCUT2D eigenvalue weighted by atomic mass is 15.1. The highest BCUT2D eigenvalue weighted by Gasteiger charge is 2.07. The van der Waals surface area contributed by atoms with E-state index in [-0.39, 0.29) is 0 Å². The lowest BCUT2D eigenvalue weighted by molar-refractivity contribution is 0.365. The van der Waals surface area contributed by atoms with Crippen molar-refractivity contribution in [3.63, 3.8) is 0 Å². The van der Waals surface area contributed by atoms with Crippen LogP contribution in [0.4, 0.5) is 0 Å². The molecule has 0 bridgehead atoms. The van der Waals surface area contributed by atoms with Gasteiger partial charge in [0.1, 0.15) is 5.82 Å². The molecule has 4 heteroatoms. The Bertz CT molecular complexity index is 610. The van der Waals surface area contributed by atoms with Gasteiger partial charge in [0.2, 0.25) is 0 Å². The van der Waals surface area contributed by atoms with Gasteiger partial charge in [-0.15, -0.1) is 6.42 Å². The minimum atomic E-state index is 0.708. The molecule has 0 radical (unpaired) electrons. The van der Waals surface area contributed by atoms with Gasteiger partial charge in [-0.05, 0) is 45.6 Å². The van der Waals surface area contributed by atoms with Crippen LogP contribution in [-0.4, -0.2) is 41.1 Å². The molecule has 2 rings (SSSR count). The van der Waals surface area contributed by atoms with Crippen molar-refractivity contribution >= 4 is 0 Å². The topological polar surface area (TPSA) is 33.1 Å². The zero-order valence-electron chi connectivity index (χ0n) is 13.4. The molecule has 1 N–H and O–H groups in total. The first-order chi connectivity index (χ1) is 10.7. The number of nitrogens with zero attached hydrogens (tertiary/aromatic N) is 3. The molecule has 0 spiro atoms. The van der Waals surface area contributed by atoms with Gasteiger partial charge in [-0.1, -0.05) is 24.1 Å². The van der Waals surface area contributed by atoms with Crippen LogP contribution >= 0.6 is 0 Å². The molecule has 1 aromatic heterocycles. The molecule has 0 saturated carbocycles. The molecule has 0 aliphatic carbocycles. The summed E-state index contributed by atoms with van der Waals surface area (Å²) in [4.78, 5) is 6.59. The first-order valence-electron chi connectivity index (χ1n) is 7.63. The highest BCUT2D eigenvalue weighted by molar-refractivity contribution is 5.35. The van der Waals surface area contributed by atoms with Crippen molar-refractivity contribution in [2.24, 2.45) is 0 Å². The second-order valence-corrected chi connectivity index (χ2v) is 5.44. The molecular weight excluding hydrogens is 272 g/mol. The van der Waals surface area contributed by atoms with E-state index in [1.807, 2.05) is 38.4 Å². The van der Waals surface area contributed by atoms with Crippen molar-refractivity contribution in [3.05, 3.63) is 48.0 Å². The fraction of sp³-hybridized carbons (Fsp3) is 0.389. The molecule has 2 aromatic rings. The highest BCUT2D eigenvalue weighted by Crippen LogP contribution is 2.14. The summed E-state index contributed by atoms with van der Waals surface area (Å²) >= 11 is 0. The van der Waals surface area contributed by atoms with Crippen LogP contribution in [0.25, 0.3) is 5.69 Å². The molecule has 0 fully saturated rings. The average molecular weight is 296 g/mol. The zero-order chi connectivity index (χ0) is 15.8. The summed E-state index contributed by atoms with van der Waals surface area (Å²) < 4.78 is 2.19. The van der Waals surface area contributed by atoms with Crippen molar-refractivity contribution in [1.29, 1.82) is 0 Å². The Morgan fingerprint density at radius 1 is 1.32 bits per heavy atom. The summed E-state index contributed by atoms with van der Waals surface area (Å²) in [6.45, 7) is 5.53. The molecule has 116 valence electrons. The fourth-order valence-corrected chi connectivity index (χ4v) is 2.47. The fourth-order valence-electron chi connectivity index (χ4n) is 2.47. The second-order valence-electron chi connectivity index (χ2n) is 5.44. The Kier molecular flexibility index (Phi) is 6.20. The number of terminal acetylenes is 1. The Morgan fingerprint density at radius 2 is 2.09 bits per heavy atom. The maximum atomic E-state index is 5.29. The number of hydrogen-bond donors (Lipinski definition) is 1. The minimum absolute atomic E-state index is 0.708. The third kappa shape index (κ3) is 4.45. The van der Waals surface area contributed by atoms with Crippen molar-refractivity contribution in [1.82, 2.24) is 19.8 Å². The lowest BCUT2D eigenvalue weighted by Crippen LogP contribution is -2.24. The van der Waals surface area contributed by atoms with Crippen LogP contribution in [0, 0.1) is 19.3 Å². The van der Waals surface area contributed by atoms with Gasteiger partial charge in [-0.2, -0.15) is 0 Å². The summed E-state index contributed by atoms with van der Waals surface area (Å²) in [6.07, 6.45) is 8.32. The first-order valence-corrected chi connectivity index (χ1v) is 7.63. The van der Waals surface area contributed by atoms with Crippen LogP contribution in [0.2, 0.25) is 0 Å². The first kappa shape index (κ1) is 16.3. The predicted molar refractivity (Wildman–Crippen MR) is 91.0 cm³/mol. The van der Waals surface area contributed by atoms with E-state index in [9.17, 15) is 0 Å². The van der Waals surface area contributed by atoms with Crippen molar-refractivity contribution in [3.8, 4) is 18.0 Å². The molecule has 0 aliphatic heterocycles. The summed E-state index contributed by atoms with van der Waals surface area (Å²) in [5.74, 6) is 3.67. The van der Waals surface area contributed by atoms with Gasteiger partial charge in [-0.3, -0.25) is 9.47 Å². The number of nitrogens with one attached hydrogen (secondary N) is 1. The van der Waals surface area contributed by atoms with E-state index in [1.54, 1.807) is 0 Å². The Morgan fingerprint density at radius 3 is 2.82 bits per heavy atom. The van der Waals surface area contributed by atoms with E-state index in [1.165, 1.54) is 5.69 Å². The van der Waals surface area contributed by atoms with E-state index in [4.69, 9.17) is 6.42 Å². The maximum Gasteiger partial charge on any atom is 0.110 e. The quantitative estimate of drug-likeness (QED) is 0.599. The largest absolute Gasteiger partial charge is 0.311 e. The number of aryl methyl sites for hydroxylation is 1. The molecule has 1 aromatic carbocycles. The van der Waals surface area contributed by atoms with Gasteiger partial charge in [0.15, 0.2) is 0 Å². The molecule has 22 heavy (non-hydrogen) atoms. The number of imidazole rings is 1. The normalized spacial score (nSPS) is 10.8. The minimum Gasteiger partial charge on any atom is -0.311 e. The van der Waals surface area contributed by atoms with Crippen LogP contribution < -0.4 is 5.32 Å². The second kappa shape index (κ2) is 8.38. The summed E-state index contributed by atoms with van der Waals surface area (Å²) in [5.41, 5.74) is 2.34. The SMILES string of the molecule is C#CCN(C)CCCNCc1cnc(C)n1-c1ccccc1. The Balaban J connectivity index is 1.86. The molecule has 1 heterocycles. The summed E-state index contributed by atoms with van der Waals surface area (Å²) in [7, 11) is 2.05. The summed E-state index contributed by atoms with van der Waals surface area (Å²) in [6, 6.07) is 10.3. The van der Waals surface area contributed by atoms with Crippen molar-refractivity contribution in [2.45, 2.75) is 19.9 Å². The van der Waals surface area contributed by atoms with Gasteiger partial charge in [0.25, 0.3) is 0 Å². The van der Waals surface area contributed by atoms with Gasteiger partial charge in [-0.25, -0.2) is 4.98 Å². The zero-order valence-corrected chi connectivity index (χ0v) is 13.4. The molecule has 0 amide bonds. The van der Waals surface area contributed by atoms with Crippen LogP contribution in [0.5, 0.6) is 0 Å². The van der Waals surface area contributed by atoms with Gasteiger partial charge in [0, 0.05) is 12.2 Å². The Hall–Kier alpha value is -2.09. The monoisotopic (exact) mass is 296 g/mol. The molecule has 0 aliphatic rings. The van der Waals surface area contributed by atoms with Crippen LogP contribution in [-0.2, 0) is 6.54 Å². The van der Waals surface area contributed by atoms with Gasteiger partial charge < -0.3 is 5.32 Å². The molecule has 0 atom stereocenters. The van der Waals surface area contributed by atoms with E-state index in [2.05, 4.69) is 37.8 Å². The third-order valence-electron chi connectivity index (χ3n) is 3.59. The van der Waals surface area contributed by atoms with Crippen LogP contribution in [0.1, 0.15) is 17.9 Å². The lowest BCUT2D eigenvalue weighted by Gasteiger charge is -2.14. The van der Waals surface area contributed by atoms with E-state index >= 15 is 0 Å². The van der Waals surface area contributed by atoms with Gasteiger partial charge >= 0.3 is 0 Å². The smallest absolute Gasteiger partial charge is 0.110 e. The molecule has 4 nitrogen and oxygen atoms in total. The van der Waals surface area contributed by atoms with Crippen LogP contribution in [0.3, 0.4) is 0 Å². The number of rotatable bonds is 8.